The van der Waals surface area contributed by atoms with Gasteiger partial charge in [-0.2, -0.15) is 9.57 Å². The standard InChI is InChI=1S/C16H19N3O3S/c1-16(2,3)14-10-18-15(22-14)11-19(4)23(20,21)13-7-5-6-12(8-13)9-17/h5-8,10H,11H2,1-4H3. The van der Waals surface area contributed by atoms with Crippen molar-refractivity contribution < 1.29 is 12.8 Å². The van der Waals surface area contributed by atoms with Crippen molar-refractivity contribution in [3.63, 3.8) is 0 Å². The second kappa shape index (κ2) is 6.14. The van der Waals surface area contributed by atoms with Crippen molar-refractivity contribution >= 4 is 10.0 Å². The fourth-order valence-electron chi connectivity index (χ4n) is 1.91. The second-order valence-electron chi connectivity index (χ2n) is 6.27. The van der Waals surface area contributed by atoms with Crippen LogP contribution in [0.25, 0.3) is 0 Å². The van der Waals surface area contributed by atoms with E-state index in [0.717, 1.165) is 4.31 Å². The van der Waals surface area contributed by atoms with Gasteiger partial charge in [0.2, 0.25) is 15.9 Å². The molecular weight excluding hydrogens is 314 g/mol. The van der Waals surface area contributed by atoms with Crippen LogP contribution in [-0.2, 0) is 22.0 Å². The lowest BCUT2D eigenvalue weighted by molar-refractivity contribution is 0.347. The van der Waals surface area contributed by atoms with E-state index in [9.17, 15) is 8.42 Å². The molecule has 0 N–H and O–H groups in total. The number of hydrogen-bond acceptors (Lipinski definition) is 5. The maximum Gasteiger partial charge on any atom is 0.243 e. The Hall–Kier alpha value is -2.17. The summed E-state index contributed by atoms with van der Waals surface area (Å²) in [6, 6.07) is 7.85. The van der Waals surface area contributed by atoms with Gasteiger partial charge in [-0.15, -0.1) is 0 Å². The minimum absolute atomic E-state index is 0.0230. The first-order valence-corrected chi connectivity index (χ1v) is 8.50. The lowest BCUT2D eigenvalue weighted by Gasteiger charge is -2.16. The largest absolute Gasteiger partial charge is 0.444 e. The predicted octanol–water partition coefficient (Wildman–Crippen LogP) is 2.66. The molecule has 2 aromatic rings. The van der Waals surface area contributed by atoms with E-state index in [1.807, 2.05) is 26.8 Å². The van der Waals surface area contributed by atoms with E-state index in [2.05, 4.69) is 4.98 Å². The van der Waals surface area contributed by atoms with Crippen molar-refractivity contribution in [2.75, 3.05) is 7.05 Å². The number of aromatic nitrogens is 1. The molecule has 122 valence electrons. The van der Waals surface area contributed by atoms with Crippen LogP contribution in [0.5, 0.6) is 0 Å². The third-order valence-corrected chi connectivity index (χ3v) is 5.12. The van der Waals surface area contributed by atoms with Crippen LogP contribution in [-0.4, -0.2) is 24.8 Å². The zero-order valence-electron chi connectivity index (χ0n) is 13.6. The predicted molar refractivity (Wildman–Crippen MR) is 85.0 cm³/mol. The molecule has 0 amide bonds. The molecule has 0 saturated heterocycles. The molecule has 0 fully saturated rings. The topological polar surface area (TPSA) is 87.2 Å². The van der Waals surface area contributed by atoms with E-state index in [1.54, 1.807) is 18.3 Å². The minimum atomic E-state index is -3.71. The highest BCUT2D eigenvalue weighted by Crippen LogP contribution is 2.24. The van der Waals surface area contributed by atoms with Crippen molar-refractivity contribution in [1.82, 2.24) is 9.29 Å². The Bertz CT molecular complexity index is 842. The fraction of sp³-hybridized carbons (Fsp3) is 0.375. The number of nitrogens with zero attached hydrogens (tertiary/aromatic N) is 3. The van der Waals surface area contributed by atoms with Gasteiger partial charge in [0, 0.05) is 12.5 Å². The molecule has 0 aliphatic heterocycles. The highest BCUT2D eigenvalue weighted by Gasteiger charge is 2.24. The normalized spacial score (nSPS) is 12.3. The molecule has 0 saturated carbocycles. The Morgan fingerprint density at radius 1 is 1.35 bits per heavy atom. The Morgan fingerprint density at radius 2 is 2.04 bits per heavy atom. The lowest BCUT2D eigenvalue weighted by atomic mass is 9.94. The lowest BCUT2D eigenvalue weighted by Crippen LogP contribution is -2.26. The molecular formula is C16H19N3O3S. The summed E-state index contributed by atoms with van der Waals surface area (Å²) in [5.74, 6) is 1.03. The number of sulfonamides is 1. The molecule has 0 radical (unpaired) electrons. The molecule has 7 heteroatoms. The van der Waals surface area contributed by atoms with E-state index in [0.29, 0.717) is 17.2 Å². The van der Waals surface area contributed by atoms with E-state index >= 15 is 0 Å². The van der Waals surface area contributed by atoms with E-state index in [4.69, 9.17) is 9.68 Å². The van der Waals surface area contributed by atoms with Gasteiger partial charge in [0.15, 0.2) is 0 Å². The van der Waals surface area contributed by atoms with Crippen molar-refractivity contribution in [1.29, 1.82) is 5.26 Å². The molecule has 0 bridgehead atoms. The van der Waals surface area contributed by atoms with Crippen molar-refractivity contribution in [3.8, 4) is 6.07 Å². The molecule has 1 aromatic heterocycles. The van der Waals surface area contributed by atoms with E-state index in [1.165, 1.54) is 19.2 Å². The molecule has 0 atom stereocenters. The summed E-state index contributed by atoms with van der Waals surface area (Å²) in [6.45, 7) is 6.00. The maximum atomic E-state index is 12.6. The van der Waals surface area contributed by atoms with Gasteiger partial charge in [0.1, 0.15) is 5.76 Å². The summed E-state index contributed by atoms with van der Waals surface area (Å²) in [7, 11) is -2.26. The van der Waals surface area contributed by atoms with Gasteiger partial charge >= 0.3 is 0 Å². The molecule has 0 unspecified atom stereocenters. The zero-order valence-corrected chi connectivity index (χ0v) is 14.4. The van der Waals surface area contributed by atoms with Crippen LogP contribution in [0.1, 0.15) is 38.0 Å². The summed E-state index contributed by atoms with van der Waals surface area (Å²) in [6.07, 6.45) is 1.62. The molecule has 0 aliphatic rings. The highest BCUT2D eigenvalue weighted by molar-refractivity contribution is 7.89. The van der Waals surface area contributed by atoms with Gasteiger partial charge in [0.25, 0.3) is 0 Å². The average molecular weight is 333 g/mol. The van der Waals surface area contributed by atoms with Crippen LogP contribution in [0, 0.1) is 11.3 Å². The Kier molecular flexibility index (Phi) is 4.59. The molecule has 23 heavy (non-hydrogen) atoms. The average Bonchev–Trinajstić information content (AvgIpc) is 2.96. The summed E-state index contributed by atoms with van der Waals surface area (Å²) >= 11 is 0. The quantitative estimate of drug-likeness (QED) is 0.858. The summed E-state index contributed by atoms with van der Waals surface area (Å²) < 4.78 is 31.9. The molecule has 6 nitrogen and oxygen atoms in total. The molecule has 2 rings (SSSR count). The van der Waals surface area contributed by atoms with Gasteiger partial charge in [-0.1, -0.05) is 26.8 Å². The maximum absolute atomic E-state index is 12.6. The molecule has 1 aromatic carbocycles. The van der Waals surface area contributed by atoms with Gasteiger partial charge in [-0.25, -0.2) is 13.4 Å². The van der Waals surface area contributed by atoms with Crippen molar-refractivity contribution in [2.24, 2.45) is 0 Å². The molecule has 0 spiro atoms. The summed E-state index contributed by atoms with van der Waals surface area (Å²) in [5, 5.41) is 8.90. The Morgan fingerprint density at radius 3 is 2.61 bits per heavy atom. The third-order valence-electron chi connectivity index (χ3n) is 3.32. The molecule has 0 aliphatic carbocycles. The SMILES string of the molecule is CN(Cc1ncc(C(C)(C)C)o1)S(=O)(=O)c1cccc(C#N)c1. The summed E-state index contributed by atoms with van der Waals surface area (Å²) in [4.78, 5) is 4.21. The van der Waals surface area contributed by atoms with Gasteiger partial charge in [-0.3, -0.25) is 0 Å². The number of nitriles is 1. The number of benzene rings is 1. The first-order chi connectivity index (χ1) is 10.6. The van der Waals surface area contributed by atoms with Crippen LogP contribution in [0.3, 0.4) is 0 Å². The minimum Gasteiger partial charge on any atom is -0.444 e. The second-order valence-corrected chi connectivity index (χ2v) is 8.31. The van der Waals surface area contributed by atoms with Crippen LogP contribution < -0.4 is 0 Å². The first-order valence-electron chi connectivity index (χ1n) is 7.06. The van der Waals surface area contributed by atoms with Gasteiger partial charge < -0.3 is 4.42 Å². The van der Waals surface area contributed by atoms with Crippen LogP contribution in [0.2, 0.25) is 0 Å². The summed E-state index contributed by atoms with van der Waals surface area (Å²) in [5.41, 5.74) is 0.106. The Labute approximate surface area is 136 Å². The fourth-order valence-corrected chi connectivity index (χ4v) is 3.08. The van der Waals surface area contributed by atoms with Crippen LogP contribution >= 0.6 is 0 Å². The molecule has 1 heterocycles. The van der Waals surface area contributed by atoms with Gasteiger partial charge in [0.05, 0.1) is 29.3 Å². The smallest absolute Gasteiger partial charge is 0.243 e. The zero-order chi connectivity index (χ0) is 17.3. The van der Waals surface area contributed by atoms with Crippen molar-refractivity contribution in [2.45, 2.75) is 37.6 Å². The highest BCUT2D eigenvalue weighted by atomic mass is 32.2. The third kappa shape index (κ3) is 3.78. The van der Waals surface area contributed by atoms with Crippen LogP contribution in [0.4, 0.5) is 0 Å². The van der Waals surface area contributed by atoms with Gasteiger partial charge in [-0.05, 0) is 18.2 Å². The number of oxazole rings is 1. The van der Waals surface area contributed by atoms with Crippen LogP contribution in [0.15, 0.2) is 39.8 Å². The Balaban J connectivity index is 2.24. The first kappa shape index (κ1) is 17.2. The monoisotopic (exact) mass is 333 g/mol. The van der Waals surface area contributed by atoms with E-state index in [-0.39, 0.29) is 16.9 Å². The van der Waals surface area contributed by atoms with E-state index < -0.39 is 10.0 Å². The number of rotatable bonds is 4. The number of hydrogen-bond donors (Lipinski definition) is 0. The van der Waals surface area contributed by atoms with Crippen molar-refractivity contribution in [3.05, 3.63) is 47.7 Å².